The van der Waals surface area contributed by atoms with E-state index < -0.39 is 12.3 Å². The summed E-state index contributed by atoms with van der Waals surface area (Å²) in [6.07, 6.45) is -1.02. The Morgan fingerprint density at radius 1 is 0.889 bits per heavy atom. The van der Waals surface area contributed by atoms with Gasteiger partial charge >= 0.3 is 6.09 Å². The molecule has 5 nitrogen and oxygen atoms in total. The standard InChI is InChI=1S/C21H17ClN2O3/c1-14-2-8-18(9-3-14)24-20(15-4-12-19(25)13-5-15)23(21(26)27-24)17-10-6-16(22)7-11-17/h2-13,20,25H,1H3. The van der Waals surface area contributed by atoms with Gasteiger partial charge in [0.05, 0.1) is 5.69 Å². The van der Waals surface area contributed by atoms with Crippen molar-refractivity contribution in [2.75, 3.05) is 9.96 Å². The SMILES string of the molecule is Cc1ccc(N2OC(=O)N(c3ccc(Cl)cc3)C2c2ccc(O)cc2)cc1. The molecule has 0 aromatic heterocycles. The van der Waals surface area contributed by atoms with Crippen LogP contribution in [0.4, 0.5) is 16.2 Å². The number of halogens is 1. The second kappa shape index (κ2) is 6.85. The van der Waals surface area contributed by atoms with E-state index in [4.69, 9.17) is 16.4 Å². The van der Waals surface area contributed by atoms with Crippen LogP contribution in [0, 0.1) is 6.92 Å². The molecule has 27 heavy (non-hydrogen) atoms. The zero-order valence-corrected chi connectivity index (χ0v) is 15.3. The number of phenolic OH excluding ortho intramolecular Hbond substituents is 1. The van der Waals surface area contributed by atoms with Gasteiger partial charge in [0.25, 0.3) is 0 Å². The Kier molecular flexibility index (Phi) is 4.38. The Bertz CT molecular complexity index is 956. The third-order valence-electron chi connectivity index (χ3n) is 4.42. The highest BCUT2D eigenvalue weighted by Crippen LogP contribution is 2.40. The largest absolute Gasteiger partial charge is 0.508 e. The fourth-order valence-electron chi connectivity index (χ4n) is 3.05. The van der Waals surface area contributed by atoms with E-state index in [9.17, 15) is 9.90 Å². The number of rotatable bonds is 3. The van der Waals surface area contributed by atoms with E-state index in [0.29, 0.717) is 10.7 Å². The molecule has 1 fully saturated rings. The van der Waals surface area contributed by atoms with Crippen LogP contribution < -0.4 is 9.96 Å². The fraction of sp³-hybridized carbons (Fsp3) is 0.0952. The predicted molar refractivity (Wildman–Crippen MR) is 105 cm³/mol. The minimum atomic E-state index is -0.526. The molecule has 1 amide bonds. The molecule has 3 aromatic carbocycles. The first-order valence-corrected chi connectivity index (χ1v) is 8.82. The van der Waals surface area contributed by atoms with Gasteiger partial charge in [-0.15, -0.1) is 0 Å². The van der Waals surface area contributed by atoms with Crippen molar-refractivity contribution in [3.05, 3.63) is 88.9 Å². The number of phenols is 1. The third-order valence-corrected chi connectivity index (χ3v) is 4.68. The van der Waals surface area contributed by atoms with E-state index in [0.717, 1.165) is 16.8 Å². The van der Waals surface area contributed by atoms with E-state index in [1.165, 1.54) is 0 Å². The van der Waals surface area contributed by atoms with E-state index in [-0.39, 0.29) is 5.75 Å². The molecule has 0 aliphatic carbocycles. The lowest BCUT2D eigenvalue weighted by Crippen LogP contribution is -2.31. The zero-order chi connectivity index (χ0) is 19.0. The van der Waals surface area contributed by atoms with Crippen molar-refractivity contribution in [1.29, 1.82) is 0 Å². The second-order valence-electron chi connectivity index (χ2n) is 6.33. The number of amides is 1. The van der Waals surface area contributed by atoms with Crippen LogP contribution in [0.5, 0.6) is 5.75 Å². The van der Waals surface area contributed by atoms with E-state index in [2.05, 4.69) is 0 Å². The van der Waals surface area contributed by atoms with Crippen LogP contribution in [-0.2, 0) is 4.84 Å². The highest BCUT2D eigenvalue weighted by molar-refractivity contribution is 6.30. The molecule has 1 aliphatic rings. The lowest BCUT2D eigenvalue weighted by molar-refractivity contribution is 0.164. The summed E-state index contributed by atoms with van der Waals surface area (Å²) < 4.78 is 0. The predicted octanol–water partition coefficient (Wildman–Crippen LogP) is 5.43. The minimum Gasteiger partial charge on any atom is -0.508 e. The summed E-state index contributed by atoms with van der Waals surface area (Å²) in [6.45, 7) is 2.00. The van der Waals surface area contributed by atoms with Crippen LogP contribution >= 0.6 is 11.6 Å². The number of carbonyl (C=O) groups excluding carboxylic acids is 1. The number of benzene rings is 3. The summed E-state index contributed by atoms with van der Waals surface area (Å²) in [4.78, 5) is 19.9. The van der Waals surface area contributed by atoms with Crippen molar-refractivity contribution in [3.8, 4) is 5.75 Å². The second-order valence-corrected chi connectivity index (χ2v) is 6.77. The van der Waals surface area contributed by atoms with Gasteiger partial charge in [-0.25, -0.2) is 9.69 Å². The smallest absolute Gasteiger partial charge is 0.440 e. The maximum atomic E-state index is 12.7. The van der Waals surface area contributed by atoms with Gasteiger partial charge in [-0.3, -0.25) is 0 Å². The number of anilines is 2. The molecule has 1 unspecified atom stereocenters. The lowest BCUT2D eigenvalue weighted by Gasteiger charge is -2.27. The van der Waals surface area contributed by atoms with Gasteiger partial charge in [-0.2, -0.15) is 5.06 Å². The quantitative estimate of drug-likeness (QED) is 0.658. The van der Waals surface area contributed by atoms with Gasteiger partial charge in [0.15, 0.2) is 6.17 Å². The molecule has 0 bridgehead atoms. The normalized spacial score (nSPS) is 16.5. The van der Waals surface area contributed by atoms with Crippen molar-refractivity contribution >= 4 is 29.1 Å². The van der Waals surface area contributed by atoms with E-state index in [1.807, 2.05) is 31.2 Å². The Morgan fingerprint density at radius 2 is 1.48 bits per heavy atom. The topological polar surface area (TPSA) is 53.0 Å². The van der Waals surface area contributed by atoms with Crippen molar-refractivity contribution in [2.45, 2.75) is 13.1 Å². The number of aryl methyl sites for hydroxylation is 1. The van der Waals surface area contributed by atoms with Gasteiger partial charge in [-0.1, -0.05) is 41.4 Å². The van der Waals surface area contributed by atoms with Crippen LogP contribution in [0.25, 0.3) is 0 Å². The maximum Gasteiger partial charge on any atom is 0.440 e. The Hall–Kier alpha value is -3.18. The molecular formula is C21H17ClN2O3. The first kappa shape index (κ1) is 17.2. The van der Waals surface area contributed by atoms with Crippen molar-refractivity contribution in [3.63, 3.8) is 0 Å². The Balaban J connectivity index is 1.81. The average Bonchev–Trinajstić information content (AvgIpc) is 3.01. The fourth-order valence-corrected chi connectivity index (χ4v) is 3.17. The highest BCUT2D eigenvalue weighted by atomic mass is 35.5. The van der Waals surface area contributed by atoms with Gasteiger partial charge in [-0.05, 0) is 61.0 Å². The summed E-state index contributed by atoms with van der Waals surface area (Å²) in [6, 6.07) is 21.5. The molecule has 0 radical (unpaired) electrons. The Labute approximate surface area is 161 Å². The zero-order valence-electron chi connectivity index (χ0n) is 14.5. The summed E-state index contributed by atoms with van der Waals surface area (Å²) in [7, 11) is 0. The molecule has 4 rings (SSSR count). The monoisotopic (exact) mass is 380 g/mol. The molecule has 136 valence electrons. The minimum absolute atomic E-state index is 0.156. The van der Waals surface area contributed by atoms with E-state index >= 15 is 0 Å². The van der Waals surface area contributed by atoms with Crippen LogP contribution in [0.3, 0.4) is 0 Å². The first-order chi connectivity index (χ1) is 13.0. The number of carbonyl (C=O) groups is 1. The summed E-state index contributed by atoms with van der Waals surface area (Å²) in [5.74, 6) is 0.156. The lowest BCUT2D eigenvalue weighted by atomic mass is 10.1. The van der Waals surface area contributed by atoms with Crippen molar-refractivity contribution < 1.29 is 14.7 Å². The number of nitrogens with zero attached hydrogens (tertiary/aromatic N) is 2. The molecule has 3 aromatic rings. The molecule has 1 saturated heterocycles. The molecule has 0 spiro atoms. The van der Waals surface area contributed by atoms with Gasteiger partial charge in [0, 0.05) is 10.7 Å². The summed E-state index contributed by atoms with van der Waals surface area (Å²) >= 11 is 5.99. The van der Waals surface area contributed by atoms with Crippen LogP contribution in [-0.4, -0.2) is 11.2 Å². The molecule has 1 N–H and O–H groups in total. The van der Waals surface area contributed by atoms with Gasteiger partial charge < -0.3 is 9.94 Å². The molecule has 1 atom stereocenters. The number of aromatic hydroxyl groups is 1. The number of hydroxylamine groups is 1. The van der Waals surface area contributed by atoms with Gasteiger partial charge in [0.1, 0.15) is 5.75 Å². The summed E-state index contributed by atoms with van der Waals surface area (Å²) in [5.41, 5.74) is 3.33. The van der Waals surface area contributed by atoms with Crippen molar-refractivity contribution in [1.82, 2.24) is 0 Å². The molecule has 6 heteroatoms. The molecule has 0 saturated carbocycles. The number of hydrogen-bond donors (Lipinski definition) is 1. The van der Waals surface area contributed by atoms with E-state index in [1.54, 1.807) is 58.5 Å². The number of hydrogen-bond acceptors (Lipinski definition) is 4. The molecule has 1 heterocycles. The van der Waals surface area contributed by atoms with Crippen LogP contribution in [0.1, 0.15) is 17.3 Å². The first-order valence-electron chi connectivity index (χ1n) is 8.44. The Morgan fingerprint density at radius 3 is 2.11 bits per heavy atom. The van der Waals surface area contributed by atoms with Crippen LogP contribution in [0.2, 0.25) is 5.02 Å². The third kappa shape index (κ3) is 3.29. The van der Waals surface area contributed by atoms with Crippen LogP contribution in [0.15, 0.2) is 72.8 Å². The summed E-state index contributed by atoms with van der Waals surface area (Å²) in [5, 5.41) is 11.8. The molecule has 1 aliphatic heterocycles. The molecular weight excluding hydrogens is 364 g/mol. The highest BCUT2D eigenvalue weighted by Gasteiger charge is 2.42. The van der Waals surface area contributed by atoms with Gasteiger partial charge in [0.2, 0.25) is 0 Å². The maximum absolute atomic E-state index is 12.7. The van der Waals surface area contributed by atoms with Crippen molar-refractivity contribution in [2.24, 2.45) is 0 Å². The average molecular weight is 381 g/mol.